The van der Waals surface area contributed by atoms with E-state index < -0.39 is 0 Å². The Kier molecular flexibility index (Phi) is 5.31. The molecule has 0 N–H and O–H groups in total. The van der Waals surface area contributed by atoms with Crippen LogP contribution in [0.1, 0.15) is 23.5 Å². The van der Waals surface area contributed by atoms with Crippen molar-refractivity contribution in [3.8, 4) is 5.75 Å². The van der Waals surface area contributed by atoms with E-state index >= 15 is 0 Å². The Morgan fingerprint density at radius 3 is 2.48 bits per heavy atom. The third-order valence-corrected chi connectivity index (χ3v) is 4.73. The second-order valence-electron chi connectivity index (χ2n) is 6.13. The highest BCUT2D eigenvalue weighted by Crippen LogP contribution is 2.35. The van der Waals surface area contributed by atoms with Gasteiger partial charge in [0.15, 0.2) is 0 Å². The summed E-state index contributed by atoms with van der Waals surface area (Å²) >= 11 is 0. The summed E-state index contributed by atoms with van der Waals surface area (Å²) in [5.74, 6) is 1.36. The number of likely N-dealkylation sites (tertiary alicyclic amines) is 1. The van der Waals surface area contributed by atoms with E-state index in [4.69, 9.17) is 9.47 Å². The molecule has 23 heavy (non-hydrogen) atoms. The van der Waals surface area contributed by atoms with Gasteiger partial charge in [-0.05, 0) is 30.2 Å². The van der Waals surface area contributed by atoms with E-state index in [0.717, 1.165) is 31.8 Å². The molecule has 2 aromatic carbocycles. The van der Waals surface area contributed by atoms with Crippen LogP contribution in [0, 0.1) is 0 Å². The van der Waals surface area contributed by atoms with Crippen molar-refractivity contribution >= 4 is 0 Å². The summed E-state index contributed by atoms with van der Waals surface area (Å²) in [6.45, 7) is 3.02. The Morgan fingerprint density at radius 2 is 1.74 bits per heavy atom. The van der Waals surface area contributed by atoms with E-state index in [9.17, 15) is 0 Å². The van der Waals surface area contributed by atoms with Crippen LogP contribution in [0.4, 0.5) is 0 Å². The van der Waals surface area contributed by atoms with Gasteiger partial charge in [-0.2, -0.15) is 0 Å². The SMILES string of the molecule is COc1ccccc1C1CCN(Cc2ccccc2)CC1OC. The van der Waals surface area contributed by atoms with Crippen LogP contribution in [-0.2, 0) is 11.3 Å². The molecule has 3 rings (SSSR count). The highest BCUT2D eigenvalue weighted by molar-refractivity contribution is 5.37. The molecule has 3 heteroatoms. The second kappa shape index (κ2) is 7.62. The lowest BCUT2D eigenvalue weighted by Gasteiger charge is -2.38. The fourth-order valence-electron chi connectivity index (χ4n) is 3.53. The Bertz CT molecular complexity index is 614. The Hall–Kier alpha value is -1.84. The van der Waals surface area contributed by atoms with E-state index in [-0.39, 0.29) is 6.10 Å². The standard InChI is InChI=1S/C20H25NO2/c1-22-19-11-7-6-10-17(19)18-12-13-21(15-20(18)23-2)14-16-8-4-3-5-9-16/h3-11,18,20H,12-15H2,1-2H3. The van der Waals surface area contributed by atoms with Gasteiger partial charge in [0.05, 0.1) is 13.2 Å². The summed E-state index contributed by atoms with van der Waals surface area (Å²) in [4.78, 5) is 2.48. The fraction of sp³-hybridized carbons (Fsp3) is 0.400. The lowest BCUT2D eigenvalue weighted by molar-refractivity contribution is 0.0112. The van der Waals surface area contributed by atoms with Crippen LogP contribution in [0.15, 0.2) is 54.6 Å². The molecule has 0 bridgehead atoms. The smallest absolute Gasteiger partial charge is 0.122 e. The average molecular weight is 311 g/mol. The first-order valence-electron chi connectivity index (χ1n) is 8.24. The Balaban J connectivity index is 1.72. The van der Waals surface area contributed by atoms with E-state index in [1.54, 1.807) is 7.11 Å². The Labute approximate surface area is 138 Å². The van der Waals surface area contributed by atoms with Gasteiger partial charge in [0.2, 0.25) is 0 Å². The second-order valence-corrected chi connectivity index (χ2v) is 6.13. The van der Waals surface area contributed by atoms with Crippen molar-refractivity contribution in [2.45, 2.75) is 25.0 Å². The lowest BCUT2D eigenvalue weighted by atomic mass is 9.86. The van der Waals surface area contributed by atoms with Crippen molar-refractivity contribution in [3.63, 3.8) is 0 Å². The summed E-state index contributed by atoms with van der Waals surface area (Å²) in [5, 5.41) is 0. The van der Waals surface area contributed by atoms with Crippen molar-refractivity contribution in [2.75, 3.05) is 27.3 Å². The molecule has 1 aliphatic rings. The highest BCUT2D eigenvalue weighted by atomic mass is 16.5. The lowest BCUT2D eigenvalue weighted by Crippen LogP contribution is -2.43. The van der Waals surface area contributed by atoms with E-state index in [1.807, 2.05) is 19.2 Å². The zero-order chi connectivity index (χ0) is 16.1. The van der Waals surface area contributed by atoms with Gasteiger partial charge in [-0.15, -0.1) is 0 Å². The average Bonchev–Trinajstić information content (AvgIpc) is 2.62. The zero-order valence-electron chi connectivity index (χ0n) is 13.9. The van der Waals surface area contributed by atoms with Gasteiger partial charge in [0.25, 0.3) is 0 Å². The van der Waals surface area contributed by atoms with Crippen molar-refractivity contribution in [1.82, 2.24) is 4.90 Å². The van der Waals surface area contributed by atoms with Gasteiger partial charge < -0.3 is 9.47 Å². The van der Waals surface area contributed by atoms with E-state index in [0.29, 0.717) is 5.92 Å². The number of benzene rings is 2. The number of methoxy groups -OCH3 is 2. The summed E-state index contributed by atoms with van der Waals surface area (Å²) < 4.78 is 11.4. The summed E-state index contributed by atoms with van der Waals surface area (Å²) in [6, 6.07) is 19.0. The maximum absolute atomic E-state index is 5.83. The van der Waals surface area contributed by atoms with Gasteiger partial charge in [-0.1, -0.05) is 48.5 Å². The fourth-order valence-corrected chi connectivity index (χ4v) is 3.53. The first-order chi connectivity index (χ1) is 11.3. The van der Waals surface area contributed by atoms with Crippen molar-refractivity contribution in [2.24, 2.45) is 0 Å². The monoisotopic (exact) mass is 311 g/mol. The predicted molar refractivity (Wildman–Crippen MR) is 92.9 cm³/mol. The van der Waals surface area contributed by atoms with Crippen LogP contribution in [0.25, 0.3) is 0 Å². The molecule has 2 aromatic rings. The van der Waals surface area contributed by atoms with E-state index in [1.165, 1.54) is 11.1 Å². The molecule has 0 amide bonds. The molecule has 0 spiro atoms. The van der Waals surface area contributed by atoms with Crippen LogP contribution in [-0.4, -0.2) is 38.3 Å². The molecule has 3 nitrogen and oxygen atoms in total. The molecule has 0 radical (unpaired) electrons. The van der Waals surface area contributed by atoms with E-state index in [2.05, 4.69) is 47.4 Å². The minimum atomic E-state index is 0.198. The summed E-state index contributed by atoms with van der Waals surface area (Å²) in [7, 11) is 3.56. The van der Waals surface area contributed by atoms with Crippen LogP contribution >= 0.6 is 0 Å². The molecule has 122 valence electrons. The summed E-state index contributed by atoms with van der Waals surface area (Å²) in [6.07, 6.45) is 1.29. The molecule has 1 heterocycles. The third kappa shape index (κ3) is 3.74. The molecular weight excluding hydrogens is 286 g/mol. The number of hydrogen-bond donors (Lipinski definition) is 0. The molecule has 0 saturated carbocycles. The van der Waals surface area contributed by atoms with Crippen molar-refractivity contribution in [1.29, 1.82) is 0 Å². The molecule has 1 aliphatic heterocycles. The topological polar surface area (TPSA) is 21.7 Å². The van der Waals surface area contributed by atoms with Gasteiger partial charge >= 0.3 is 0 Å². The van der Waals surface area contributed by atoms with Crippen LogP contribution in [0.3, 0.4) is 0 Å². The number of rotatable bonds is 5. The van der Waals surface area contributed by atoms with Gasteiger partial charge in [0.1, 0.15) is 5.75 Å². The molecule has 1 fully saturated rings. The number of nitrogens with zero attached hydrogens (tertiary/aromatic N) is 1. The zero-order valence-corrected chi connectivity index (χ0v) is 13.9. The van der Waals surface area contributed by atoms with Gasteiger partial charge in [-0.25, -0.2) is 0 Å². The first-order valence-corrected chi connectivity index (χ1v) is 8.24. The largest absolute Gasteiger partial charge is 0.496 e. The maximum atomic E-state index is 5.83. The molecule has 2 atom stereocenters. The van der Waals surface area contributed by atoms with Crippen molar-refractivity contribution < 1.29 is 9.47 Å². The van der Waals surface area contributed by atoms with Crippen LogP contribution < -0.4 is 4.74 Å². The molecule has 1 saturated heterocycles. The van der Waals surface area contributed by atoms with Crippen LogP contribution in [0.2, 0.25) is 0 Å². The summed E-state index contributed by atoms with van der Waals surface area (Å²) in [5.41, 5.74) is 2.62. The van der Waals surface area contributed by atoms with Crippen LogP contribution in [0.5, 0.6) is 5.75 Å². The minimum Gasteiger partial charge on any atom is -0.496 e. The molecule has 0 aliphatic carbocycles. The van der Waals surface area contributed by atoms with Crippen molar-refractivity contribution in [3.05, 3.63) is 65.7 Å². The highest BCUT2D eigenvalue weighted by Gasteiger charge is 2.31. The minimum absolute atomic E-state index is 0.198. The number of ether oxygens (including phenoxy) is 2. The predicted octanol–water partition coefficient (Wildman–Crippen LogP) is 3.70. The van der Waals surface area contributed by atoms with Gasteiger partial charge in [0, 0.05) is 26.1 Å². The number of para-hydroxylation sites is 1. The molecule has 2 unspecified atom stereocenters. The molecule has 0 aromatic heterocycles. The molecular formula is C20H25NO2. The number of hydrogen-bond acceptors (Lipinski definition) is 3. The third-order valence-electron chi connectivity index (χ3n) is 4.73. The maximum Gasteiger partial charge on any atom is 0.122 e. The van der Waals surface area contributed by atoms with Gasteiger partial charge in [-0.3, -0.25) is 4.90 Å². The quantitative estimate of drug-likeness (QED) is 0.840. The Morgan fingerprint density at radius 1 is 1.00 bits per heavy atom. The number of piperidine rings is 1. The first kappa shape index (κ1) is 16.0. The normalized spacial score (nSPS) is 22.0.